The zero-order chi connectivity index (χ0) is 13.8. The minimum Gasteiger partial charge on any atom is -0.353 e. The summed E-state index contributed by atoms with van der Waals surface area (Å²) in [6, 6.07) is 2.43. The molecule has 2 saturated heterocycles. The van der Waals surface area contributed by atoms with Gasteiger partial charge in [0.15, 0.2) is 0 Å². The summed E-state index contributed by atoms with van der Waals surface area (Å²) >= 11 is 0. The molecule has 0 aliphatic carbocycles. The summed E-state index contributed by atoms with van der Waals surface area (Å²) in [7, 11) is 0. The number of halogens is 2. The molecule has 0 aromatic carbocycles. The smallest absolute Gasteiger partial charge is 0.130 e. The van der Waals surface area contributed by atoms with Gasteiger partial charge in [-0.05, 0) is 51.3 Å². The van der Waals surface area contributed by atoms with Gasteiger partial charge in [-0.15, -0.1) is 24.8 Å². The fourth-order valence-electron chi connectivity index (χ4n) is 2.91. The number of aromatic nitrogens is 2. The molecule has 2 fully saturated rings. The Morgan fingerprint density at radius 2 is 2.00 bits per heavy atom. The van der Waals surface area contributed by atoms with E-state index >= 15 is 0 Å². The van der Waals surface area contributed by atoms with Crippen molar-refractivity contribution in [3.63, 3.8) is 0 Å². The molecule has 4 N–H and O–H groups in total. The summed E-state index contributed by atoms with van der Waals surface area (Å²) in [6.07, 6.45) is 6.60. The Kier molecular flexibility index (Phi) is 8.35. The van der Waals surface area contributed by atoms with Crippen LogP contribution in [0.5, 0.6) is 0 Å². The van der Waals surface area contributed by atoms with Crippen LogP contribution in [-0.4, -0.2) is 35.3 Å². The van der Waals surface area contributed by atoms with Gasteiger partial charge in [-0.1, -0.05) is 0 Å². The van der Waals surface area contributed by atoms with Gasteiger partial charge < -0.3 is 10.6 Å². The van der Waals surface area contributed by atoms with Crippen molar-refractivity contribution in [1.82, 2.24) is 26.1 Å². The molecule has 2 unspecified atom stereocenters. The predicted octanol–water partition coefficient (Wildman–Crippen LogP) is 1.49. The largest absolute Gasteiger partial charge is 0.353 e. The Labute approximate surface area is 144 Å². The maximum absolute atomic E-state index is 4.64. The summed E-state index contributed by atoms with van der Waals surface area (Å²) < 4.78 is 0. The molecule has 0 bridgehead atoms. The molecule has 2 aliphatic heterocycles. The second-order valence-electron chi connectivity index (χ2n) is 5.88. The zero-order valence-corrected chi connectivity index (χ0v) is 14.5. The van der Waals surface area contributed by atoms with Crippen molar-refractivity contribution in [3.8, 4) is 0 Å². The van der Waals surface area contributed by atoms with Crippen LogP contribution >= 0.6 is 24.8 Å². The quantitative estimate of drug-likeness (QED) is 0.660. The maximum atomic E-state index is 4.64. The van der Waals surface area contributed by atoms with E-state index in [2.05, 4.69) is 38.4 Å². The van der Waals surface area contributed by atoms with E-state index in [1.165, 1.54) is 12.8 Å². The SMILES string of the molecule is CC1CC(Nc2ccnc(CC3CCNCC3)n2)NN1.Cl.Cl. The minimum atomic E-state index is 0. The van der Waals surface area contributed by atoms with Crippen molar-refractivity contribution in [3.05, 3.63) is 18.1 Å². The van der Waals surface area contributed by atoms with Crippen LogP contribution in [-0.2, 0) is 6.42 Å². The molecule has 22 heavy (non-hydrogen) atoms. The first kappa shape index (κ1) is 19.4. The van der Waals surface area contributed by atoms with Gasteiger partial charge in [0, 0.05) is 18.7 Å². The van der Waals surface area contributed by atoms with Crippen LogP contribution < -0.4 is 21.5 Å². The molecule has 0 saturated carbocycles. The molecule has 0 amide bonds. The highest BCUT2D eigenvalue weighted by Crippen LogP contribution is 2.17. The fourth-order valence-corrected chi connectivity index (χ4v) is 2.91. The van der Waals surface area contributed by atoms with Crippen molar-refractivity contribution in [2.45, 2.75) is 44.8 Å². The van der Waals surface area contributed by atoms with Crippen molar-refractivity contribution in [2.75, 3.05) is 18.4 Å². The van der Waals surface area contributed by atoms with Crippen LogP contribution in [0.15, 0.2) is 12.3 Å². The highest BCUT2D eigenvalue weighted by atomic mass is 35.5. The minimum absolute atomic E-state index is 0. The zero-order valence-electron chi connectivity index (χ0n) is 12.8. The highest BCUT2D eigenvalue weighted by Gasteiger charge is 2.20. The van der Waals surface area contributed by atoms with Gasteiger partial charge in [0.05, 0.1) is 6.17 Å². The van der Waals surface area contributed by atoms with Gasteiger partial charge in [-0.25, -0.2) is 15.4 Å². The molecule has 0 radical (unpaired) electrons. The Morgan fingerprint density at radius 1 is 1.23 bits per heavy atom. The monoisotopic (exact) mass is 348 g/mol. The van der Waals surface area contributed by atoms with Crippen molar-refractivity contribution < 1.29 is 0 Å². The molecular formula is C14H26Cl2N6. The lowest BCUT2D eigenvalue weighted by molar-refractivity contribution is 0.367. The van der Waals surface area contributed by atoms with Crippen LogP contribution in [0.4, 0.5) is 5.82 Å². The van der Waals surface area contributed by atoms with Gasteiger partial charge in [0.2, 0.25) is 0 Å². The number of piperidine rings is 1. The van der Waals surface area contributed by atoms with Gasteiger partial charge in [0.25, 0.3) is 0 Å². The molecule has 3 rings (SSSR count). The average Bonchev–Trinajstić information content (AvgIpc) is 2.86. The average molecular weight is 349 g/mol. The van der Waals surface area contributed by atoms with Crippen LogP contribution in [0.25, 0.3) is 0 Å². The van der Waals surface area contributed by atoms with E-state index in [1.807, 2.05) is 12.3 Å². The van der Waals surface area contributed by atoms with Gasteiger partial charge in [0.1, 0.15) is 11.6 Å². The lowest BCUT2D eigenvalue weighted by Crippen LogP contribution is -2.36. The number of nitrogens with zero attached hydrogens (tertiary/aromatic N) is 2. The first-order chi connectivity index (χ1) is 9.79. The molecule has 1 aromatic rings. The summed E-state index contributed by atoms with van der Waals surface area (Å²) in [6.45, 7) is 4.41. The number of nitrogens with one attached hydrogen (secondary N) is 4. The molecule has 8 heteroatoms. The van der Waals surface area contributed by atoms with Gasteiger partial charge in [-0.3, -0.25) is 5.43 Å². The molecule has 2 atom stereocenters. The molecule has 0 spiro atoms. The van der Waals surface area contributed by atoms with Crippen molar-refractivity contribution in [2.24, 2.45) is 5.92 Å². The summed E-state index contributed by atoms with van der Waals surface area (Å²) in [5.74, 6) is 2.59. The molecule has 126 valence electrons. The summed E-state index contributed by atoms with van der Waals surface area (Å²) in [5.41, 5.74) is 6.43. The van der Waals surface area contributed by atoms with Gasteiger partial charge in [-0.2, -0.15) is 0 Å². The third-order valence-corrected chi connectivity index (χ3v) is 4.05. The number of anilines is 1. The maximum Gasteiger partial charge on any atom is 0.130 e. The van der Waals surface area contributed by atoms with Crippen LogP contribution in [0, 0.1) is 5.92 Å². The van der Waals surface area contributed by atoms with E-state index in [-0.39, 0.29) is 31.0 Å². The third-order valence-electron chi connectivity index (χ3n) is 4.05. The van der Waals surface area contributed by atoms with E-state index in [0.717, 1.165) is 43.5 Å². The lowest BCUT2D eigenvalue weighted by Gasteiger charge is -2.22. The van der Waals surface area contributed by atoms with Gasteiger partial charge >= 0.3 is 0 Å². The molecule has 3 heterocycles. The van der Waals surface area contributed by atoms with E-state index in [1.54, 1.807) is 0 Å². The van der Waals surface area contributed by atoms with E-state index in [4.69, 9.17) is 0 Å². The number of rotatable bonds is 4. The van der Waals surface area contributed by atoms with Crippen molar-refractivity contribution in [1.29, 1.82) is 0 Å². The number of hydrogen-bond acceptors (Lipinski definition) is 6. The first-order valence-electron chi connectivity index (χ1n) is 7.60. The van der Waals surface area contributed by atoms with E-state index in [0.29, 0.717) is 6.04 Å². The van der Waals surface area contributed by atoms with Crippen molar-refractivity contribution >= 4 is 30.6 Å². The Bertz CT molecular complexity index is 419. The van der Waals surface area contributed by atoms with E-state index < -0.39 is 0 Å². The van der Waals surface area contributed by atoms with Crippen LogP contribution in [0.2, 0.25) is 0 Å². The number of hydrazine groups is 1. The lowest BCUT2D eigenvalue weighted by atomic mass is 9.94. The fraction of sp³-hybridized carbons (Fsp3) is 0.714. The van der Waals surface area contributed by atoms with E-state index in [9.17, 15) is 0 Å². The predicted molar refractivity (Wildman–Crippen MR) is 93.6 cm³/mol. The molecule has 1 aromatic heterocycles. The molecule has 6 nitrogen and oxygen atoms in total. The van der Waals surface area contributed by atoms with Crippen LogP contribution in [0.3, 0.4) is 0 Å². The second-order valence-corrected chi connectivity index (χ2v) is 5.88. The topological polar surface area (TPSA) is 73.9 Å². The molecular weight excluding hydrogens is 323 g/mol. The molecule has 2 aliphatic rings. The highest BCUT2D eigenvalue weighted by molar-refractivity contribution is 5.85. The van der Waals surface area contributed by atoms with Crippen LogP contribution in [0.1, 0.15) is 32.0 Å². The summed E-state index contributed by atoms with van der Waals surface area (Å²) in [5, 5.41) is 6.81. The Hall–Kier alpha value is -0.660. The Balaban J connectivity index is 0.00000121. The number of hydrogen-bond donors (Lipinski definition) is 4. The summed E-state index contributed by atoms with van der Waals surface area (Å²) in [4.78, 5) is 9.06. The normalized spacial score (nSPS) is 25.1. The third kappa shape index (κ3) is 5.52. The second kappa shape index (κ2) is 9.47. The Morgan fingerprint density at radius 3 is 2.68 bits per heavy atom. The standard InChI is InChI=1S/C14H24N6.2ClH/c1-10-8-14(20-19-10)18-12-4-7-16-13(17-12)9-11-2-5-15-6-3-11;;/h4,7,10-11,14-15,19-20H,2-3,5-6,8-9H2,1H3,(H,16,17,18);2*1H. The first-order valence-corrected chi connectivity index (χ1v) is 7.60.